The number of nitrogens with one attached hydrogen (secondary N) is 2. The highest BCUT2D eigenvalue weighted by molar-refractivity contribution is 6.06. The van der Waals surface area contributed by atoms with E-state index in [1.165, 1.54) is 0 Å². The maximum atomic E-state index is 12.7. The van der Waals surface area contributed by atoms with Crippen LogP contribution < -0.4 is 30.6 Å². The summed E-state index contributed by atoms with van der Waals surface area (Å²) >= 11 is 0. The topological polar surface area (TPSA) is 170 Å². The van der Waals surface area contributed by atoms with Crippen molar-refractivity contribution >= 4 is 52.5 Å². The van der Waals surface area contributed by atoms with Gasteiger partial charge in [-0.25, -0.2) is 9.78 Å². The Kier molecular flexibility index (Phi) is 34.3. The van der Waals surface area contributed by atoms with Gasteiger partial charge >= 0.3 is 5.97 Å². The Labute approximate surface area is 460 Å². The molecule has 1 fully saturated rings. The van der Waals surface area contributed by atoms with Crippen LogP contribution in [0.25, 0.3) is 10.9 Å². The van der Waals surface area contributed by atoms with E-state index in [9.17, 15) is 14.4 Å². The first-order valence-corrected chi connectivity index (χ1v) is 27.2. The number of halogens is 1. The predicted octanol–water partition coefficient (Wildman–Crippen LogP) is 10.9. The second kappa shape index (κ2) is 39.4. The number of nitrogen functional groups attached to an aromatic ring is 1. The molecule has 420 valence electrons. The third-order valence-corrected chi connectivity index (χ3v) is 12.3. The number of hydrogen-bond acceptors (Lipinski definition) is 13. The molecule has 76 heavy (non-hydrogen) atoms. The number of unbranched alkanes of at least 4 members (excludes halogenated alkanes) is 2. The van der Waals surface area contributed by atoms with Crippen LogP contribution in [0.2, 0.25) is 0 Å². The number of likely N-dealkylation sites (N-methyl/N-ethyl adjacent to an activating group) is 2. The molecule has 0 atom stereocenters. The van der Waals surface area contributed by atoms with Crippen molar-refractivity contribution in [3.63, 3.8) is 0 Å². The summed E-state index contributed by atoms with van der Waals surface area (Å²) in [5, 5.41) is 6.87. The minimum Gasteiger partial charge on any atom is -0.494 e. The molecule has 0 unspecified atom stereocenters. The van der Waals surface area contributed by atoms with Gasteiger partial charge in [0.05, 0.1) is 62.8 Å². The molecule has 1 saturated heterocycles. The maximum absolute atomic E-state index is 12.7. The maximum Gasteiger partial charge on any atom is 0.338 e. The van der Waals surface area contributed by atoms with Crippen LogP contribution in [0.5, 0.6) is 17.4 Å². The molecule has 6 rings (SSSR count). The van der Waals surface area contributed by atoms with Gasteiger partial charge in [-0.2, -0.15) is 0 Å². The van der Waals surface area contributed by atoms with Crippen LogP contribution in [0.1, 0.15) is 112 Å². The van der Waals surface area contributed by atoms with E-state index in [-0.39, 0.29) is 30.2 Å². The van der Waals surface area contributed by atoms with Gasteiger partial charge < -0.3 is 45.0 Å². The Balaban J connectivity index is 0.000000356. The minimum absolute atomic E-state index is 0. The molecule has 0 aliphatic carbocycles. The molecule has 16 heteroatoms. The van der Waals surface area contributed by atoms with E-state index in [0.717, 1.165) is 150 Å². The fourth-order valence-corrected chi connectivity index (χ4v) is 7.64. The second-order valence-electron chi connectivity index (χ2n) is 18.0. The van der Waals surface area contributed by atoms with E-state index in [0.29, 0.717) is 49.0 Å². The van der Waals surface area contributed by atoms with Crippen LogP contribution in [0.15, 0.2) is 97.1 Å². The van der Waals surface area contributed by atoms with Gasteiger partial charge in [0.15, 0.2) is 0 Å². The van der Waals surface area contributed by atoms with Gasteiger partial charge in [0.2, 0.25) is 11.8 Å². The van der Waals surface area contributed by atoms with Gasteiger partial charge in [-0.3, -0.25) is 19.4 Å². The molecule has 2 heterocycles. The van der Waals surface area contributed by atoms with Gasteiger partial charge in [-0.05, 0) is 132 Å². The van der Waals surface area contributed by atoms with Crippen molar-refractivity contribution in [3.05, 3.63) is 119 Å². The van der Waals surface area contributed by atoms with Crippen molar-refractivity contribution in [2.24, 2.45) is 0 Å². The second-order valence-corrected chi connectivity index (χ2v) is 18.0. The van der Waals surface area contributed by atoms with Crippen molar-refractivity contribution in [1.29, 1.82) is 0 Å². The number of nitrogens with two attached hydrogens (primary N) is 1. The predicted molar refractivity (Wildman–Crippen MR) is 313 cm³/mol. The van der Waals surface area contributed by atoms with Crippen molar-refractivity contribution in [1.82, 2.24) is 25.0 Å². The SMILES string of the molecule is CCCCOc1cc(C(=O)NCCN(CC)CC)c2ccccc2n1.CCCCOc1ccc(OCCCN2CCOCC2)cc1.CCN(CC)CC(=O)Nc1c(C)cccc1C.CCOC(=O)c1ccc(N)cc1.Cl. The molecule has 4 N–H and O–H groups in total. The van der Waals surface area contributed by atoms with Crippen LogP contribution in [0.3, 0.4) is 0 Å². The highest BCUT2D eigenvalue weighted by Gasteiger charge is 2.15. The number of aryl methyl sites for hydroxylation is 2. The zero-order chi connectivity index (χ0) is 54.6. The first kappa shape index (κ1) is 66.1. The van der Waals surface area contributed by atoms with E-state index in [2.05, 4.69) is 71.9 Å². The monoisotopic (exact) mass is 1070 g/mol. The lowest BCUT2D eigenvalue weighted by Crippen LogP contribution is -2.37. The lowest BCUT2D eigenvalue weighted by Gasteiger charge is -2.26. The smallest absolute Gasteiger partial charge is 0.338 e. The molecule has 15 nitrogen and oxygen atoms in total. The number of ether oxygens (including phenoxy) is 5. The van der Waals surface area contributed by atoms with Crippen LogP contribution in [-0.4, -0.2) is 143 Å². The number of para-hydroxylation sites is 2. The highest BCUT2D eigenvalue weighted by Crippen LogP contribution is 2.23. The number of amides is 2. The quantitative estimate of drug-likeness (QED) is 0.0272. The summed E-state index contributed by atoms with van der Waals surface area (Å²) in [7, 11) is 0. The summed E-state index contributed by atoms with van der Waals surface area (Å²) in [6.45, 7) is 31.6. The molecule has 1 aliphatic heterocycles. The lowest BCUT2D eigenvalue weighted by atomic mass is 10.1. The molecule has 4 aromatic carbocycles. The highest BCUT2D eigenvalue weighted by atomic mass is 35.5. The van der Waals surface area contributed by atoms with E-state index < -0.39 is 0 Å². The average molecular weight is 1070 g/mol. The Morgan fingerprint density at radius 1 is 0.697 bits per heavy atom. The Bertz CT molecular complexity index is 2340. The molecule has 0 bridgehead atoms. The van der Waals surface area contributed by atoms with E-state index in [1.54, 1.807) is 37.3 Å². The van der Waals surface area contributed by atoms with E-state index in [4.69, 9.17) is 29.4 Å². The Morgan fingerprint density at radius 3 is 1.83 bits per heavy atom. The summed E-state index contributed by atoms with van der Waals surface area (Å²) in [5.74, 6) is 2.03. The number of carbonyl (C=O) groups excluding carboxylic acids is 3. The number of nitrogens with zero attached hydrogens (tertiary/aromatic N) is 4. The zero-order valence-electron chi connectivity index (χ0n) is 47.1. The zero-order valence-corrected chi connectivity index (χ0v) is 47.9. The van der Waals surface area contributed by atoms with Gasteiger partial charge in [-0.1, -0.05) is 90.8 Å². The number of benzene rings is 4. The summed E-state index contributed by atoms with van der Waals surface area (Å²) in [6, 6.07) is 30.0. The van der Waals surface area contributed by atoms with Crippen LogP contribution in [0.4, 0.5) is 11.4 Å². The van der Waals surface area contributed by atoms with Crippen molar-refractivity contribution < 1.29 is 38.1 Å². The van der Waals surface area contributed by atoms with Crippen LogP contribution in [0, 0.1) is 13.8 Å². The molecule has 2 amide bonds. The standard InChI is InChI=1S/C20H29N3O2.C17H27NO3.C14H22N2O.C9H11NO2.ClH/c1-4-7-14-25-19-15-17(16-10-8-9-11-18(16)22-19)20(24)21-12-13-23(5-2)6-3;1-2-3-12-20-16-5-7-17(8-6-16)21-13-4-9-18-10-14-19-15-11-18;1-5-16(6-2)10-13(17)15-14-11(3)8-7-9-12(14)4;1-2-12-9(11)7-3-5-8(10)6-4-7;/h8-11,15H,4-7,12-14H2,1-3H3,(H,21,24);5-8H,2-4,9-15H2,1H3;7-9H,5-6,10H2,1-4H3,(H,15,17);3-6H,2,10H2,1H3;1H. The molecule has 0 saturated carbocycles. The van der Waals surface area contributed by atoms with Gasteiger partial charge in [0, 0.05) is 55.6 Å². The minimum atomic E-state index is -0.308. The largest absolute Gasteiger partial charge is 0.494 e. The third-order valence-electron chi connectivity index (χ3n) is 12.3. The van der Waals surface area contributed by atoms with Crippen LogP contribution >= 0.6 is 12.4 Å². The van der Waals surface area contributed by atoms with Gasteiger partial charge in [-0.15, -0.1) is 12.4 Å². The number of carbonyl (C=O) groups is 3. The number of morpholine rings is 1. The van der Waals surface area contributed by atoms with E-state index in [1.807, 2.05) is 80.6 Å². The number of rotatable bonds is 26. The fraction of sp³-hybridized carbons (Fsp3) is 0.500. The molecule has 0 radical (unpaired) electrons. The summed E-state index contributed by atoms with van der Waals surface area (Å²) < 4.78 is 27.2. The third kappa shape index (κ3) is 25.7. The number of aromatic nitrogens is 1. The number of anilines is 2. The van der Waals surface area contributed by atoms with Crippen molar-refractivity contribution in [2.45, 2.75) is 94.4 Å². The number of esters is 1. The molecule has 0 spiro atoms. The lowest BCUT2D eigenvalue weighted by molar-refractivity contribution is -0.117. The Morgan fingerprint density at radius 2 is 1.26 bits per heavy atom. The fourth-order valence-electron chi connectivity index (χ4n) is 7.64. The summed E-state index contributed by atoms with van der Waals surface area (Å²) in [5.41, 5.74) is 11.2. The average Bonchev–Trinajstić information content (AvgIpc) is 3.43. The molecular formula is C60H90ClN7O8. The van der Waals surface area contributed by atoms with Gasteiger partial charge in [0.1, 0.15) is 11.5 Å². The number of fused-ring (bicyclic) bond motifs is 1. The van der Waals surface area contributed by atoms with Gasteiger partial charge in [0.25, 0.3) is 5.91 Å². The van der Waals surface area contributed by atoms with Crippen molar-refractivity contribution in [2.75, 3.05) is 116 Å². The first-order chi connectivity index (χ1) is 36.4. The molecular weight excluding hydrogens is 982 g/mol. The number of hydrogen-bond donors (Lipinski definition) is 3. The van der Waals surface area contributed by atoms with Crippen LogP contribution in [-0.2, 0) is 14.3 Å². The molecule has 1 aliphatic rings. The normalized spacial score (nSPS) is 11.9. The Hall–Kier alpha value is -5.97. The molecule has 1 aromatic heterocycles. The van der Waals surface area contributed by atoms with E-state index >= 15 is 0 Å². The molecule has 5 aromatic rings. The van der Waals surface area contributed by atoms with Crippen molar-refractivity contribution in [3.8, 4) is 17.4 Å². The first-order valence-electron chi connectivity index (χ1n) is 27.2. The summed E-state index contributed by atoms with van der Waals surface area (Å²) in [6.07, 6.45) is 5.34. The summed E-state index contributed by atoms with van der Waals surface area (Å²) in [4.78, 5) is 47.0. The number of pyridine rings is 1.